The van der Waals surface area contributed by atoms with Crippen LogP contribution in [0.1, 0.15) is 45.4 Å². The van der Waals surface area contributed by atoms with Gasteiger partial charge in [-0.2, -0.15) is 0 Å². The molecule has 4 nitrogen and oxygen atoms in total. The van der Waals surface area contributed by atoms with Crippen LogP contribution in [0.15, 0.2) is 0 Å². The van der Waals surface area contributed by atoms with Crippen LogP contribution in [0.3, 0.4) is 0 Å². The van der Waals surface area contributed by atoms with E-state index in [1.54, 1.807) is 0 Å². The van der Waals surface area contributed by atoms with Gasteiger partial charge >= 0.3 is 0 Å². The van der Waals surface area contributed by atoms with Crippen molar-refractivity contribution in [2.45, 2.75) is 57.4 Å². The van der Waals surface area contributed by atoms with Gasteiger partial charge in [-0.25, -0.2) is 8.78 Å². The highest BCUT2D eigenvalue weighted by molar-refractivity contribution is 5.85. The number of amides is 1. The van der Waals surface area contributed by atoms with E-state index in [4.69, 9.17) is 4.74 Å². The fraction of sp³-hybridized carbons (Fsp3) is 0.933. The van der Waals surface area contributed by atoms with Crippen LogP contribution in [0.5, 0.6) is 0 Å². The Kier molecular flexibility index (Phi) is 7.49. The lowest BCUT2D eigenvalue weighted by Gasteiger charge is -2.29. The Balaban J connectivity index is 0.00000242. The molecule has 130 valence electrons. The van der Waals surface area contributed by atoms with Crippen molar-refractivity contribution >= 4 is 18.3 Å². The van der Waals surface area contributed by atoms with E-state index in [0.717, 1.165) is 19.3 Å². The van der Waals surface area contributed by atoms with Crippen LogP contribution >= 0.6 is 12.4 Å². The molecule has 22 heavy (non-hydrogen) atoms. The summed E-state index contributed by atoms with van der Waals surface area (Å²) in [5.74, 6) is -3.06. The quantitative estimate of drug-likeness (QED) is 0.700. The van der Waals surface area contributed by atoms with Crippen LogP contribution in [0, 0.1) is 5.41 Å². The molecule has 0 radical (unpaired) electrons. The Morgan fingerprint density at radius 3 is 2.59 bits per heavy atom. The summed E-state index contributed by atoms with van der Waals surface area (Å²) in [6.45, 7) is 3.54. The second-order valence-corrected chi connectivity index (χ2v) is 6.37. The monoisotopic (exact) mass is 340 g/mol. The molecular weight excluding hydrogens is 314 g/mol. The normalized spacial score (nSPS) is 25.7. The zero-order valence-corrected chi connectivity index (χ0v) is 13.9. The second kappa shape index (κ2) is 8.41. The second-order valence-electron chi connectivity index (χ2n) is 6.37. The first-order valence-electron chi connectivity index (χ1n) is 7.93. The van der Waals surface area contributed by atoms with Crippen molar-refractivity contribution in [3.8, 4) is 0 Å². The highest BCUT2D eigenvalue weighted by Crippen LogP contribution is 2.40. The Labute approximate surface area is 137 Å². The number of ether oxygens (including phenoxy) is 1. The largest absolute Gasteiger partial charge is 0.382 e. The number of hydrogen-bond acceptors (Lipinski definition) is 3. The molecule has 1 aliphatic carbocycles. The van der Waals surface area contributed by atoms with Gasteiger partial charge in [-0.05, 0) is 31.6 Å². The van der Waals surface area contributed by atoms with E-state index in [1.807, 2.05) is 6.92 Å². The van der Waals surface area contributed by atoms with Crippen molar-refractivity contribution in [1.82, 2.24) is 10.6 Å². The van der Waals surface area contributed by atoms with Gasteiger partial charge in [0.15, 0.2) is 0 Å². The van der Waals surface area contributed by atoms with Crippen LogP contribution < -0.4 is 10.6 Å². The number of nitrogens with one attached hydrogen (secondary N) is 2. The lowest BCUT2D eigenvalue weighted by Crippen LogP contribution is -2.45. The van der Waals surface area contributed by atoms with Gasteiger partial charge in [-0.15, -0.1) is 12.4 Å². The minimum Gasteiger partial charge on any atom is -0.382 e. The Bertz CT molecular complexity index is 363. The summed E-state index contributed by atoms with van der Waals surface area (Å²) in [6, 6.07) is -0.759. The van der Waals surface area contributed by atoms with E-state index in [0.29, 0.717) is 19.8 Å². The van der Waals surface area contributed by atoms with Gasteiger partial charge in [-0.1, -0.05) is 12.8 Å². The van der Waals surface area contributed by atoms with Gasteiger partial charge in [0.05, 0.1) is 12.6 Å². The lowest BCUT2D eigenvalue weighted by molar-refractivity contribution is -0.124. The van der Waals surface area contributed by atoms with Crippen molar-refractivity contribution in [2.24, 2.45) is 5.41 Å². The molecule has 1 saturated carbocycles. The molecule has 1 heterocycles. The summed E-state index contributed by atoms with van der Waals surface area (Å²) < 4.78 is 31.7. The third-order valence-corrected chi connectivity index (χ3v) is 4.71. The summed E-state index contributed by atoms with van der Waals surface area (Å²) in [4.78, 5) is 12.0. The third kappa shape index (κ3) is 5.32. The van der Waals surface area contributed by atoms with Crippen molar-refractivity contribution in [3.63, 3.8) is 0 Å². The molecule has 0 aromatic rings. The van der Waals surface area contributed by atoms with Gasteiger partial charge < -0.3 is 10.1 Å². The Hall–Kier alpha value is -0.460. The highest BCUT2D eigenvalue weighted by Gasteiger charge is 2.43. The zero-order valence-electron chi connectivity index (χ0n) is 13.1. The summed E-state index contributed by atoms with van der Waals surface area (Å²) >= 11 is 0. The topological polar surface area (TPSA) is 50.4 Å². The molecule has 0 aromatic carbocycles. The van der Waals surface area contributed by atoms with Crippen LogP contribution in [-0.4, -0.2) is 44.2 Å². The third-order valence-electron chi connectivity index (χ3n) is 4.71. The maximum Gasteiger partial charge on any atom is 0.262 e. The average molecular weight is 341 g/mol. The first-order chi connectivity index (χ1) is 9.96. The van der Waals surface area contributed by atoms with Gasteiger partial charge in [0.2, 0.25) is 5.91 Å². The van der Waals surface area contributed by atoms with E-state index < -0.39 is 24.9 Å². The minimum absolute atomic E-state index is 0. The molecule has 0 aromatic heterocycles. The van der Waals surface area contributed by atoms with E-state index in [9.17, 15) is 13.6 Å². The smallest absolute Gasteiger partial charge is 0.262 e. The van der Waals surface area contributed by atoms with E-state index in [-0.39, 0.29) is 23.7 Å². The molecule has 0 bridgehead atoms. The predicted molar refractivity (Wildman–Crippen MR) is 83.6 cm³/mol. The number of carbonyl (C=O) groups excluding carboxylic acids is 1. The Morgan fingerprint density at radius 2 is 2.05 bits per heavy atom. The van der Waals surface area contributed by atoms with Crippen molar-refractivity contribution in [2.75, 3.05) is 26.3 Å². The summed E-state index contributed by atoms with van der Waals surface area (Å²) in [5.41, 5.74) is 0.0892. The van der Waals surface area contributed by atoms with Crippen LogP contribution in [0.4, 0.5) is 8.78 Å². The minimum atomic E-state index is -2.76. The standard InChI is InChI=1S/C15H26F2N2O2.ClH/c1-2-21-8-7-14(5-3-4-6-14)10-19-13(20)12-9-15(16,17)11-18-12;/h12,18H,2-11H2,1H3,(H,19,20);1H. The van der Waals surface area contributed by atoms with Crippen molar-refractivity contribution < 1.29 is 18.3 Å². The first-order valence-corrected chi connectivity index (χ1v) is 7.93. The zero-order chi connectivity index (χ0) is 15.3. The summed E-state index contributed by atoms with van der Waals surface area (Å²) in [6.07, 6.45) is 5.02. The summed E-state index contributed by atoms with van der Waals surface area (Å²) in [5, 5.41) is 5.48. The van der Waals surface area contributed by atoms with Crippen molar-refractivity contribution in [1.29, 1.82) is 0 Å². The van der Waals surface area contributed by atoms with Crippen LogP contribution in [0.25, 0.3) is 0 Å². The molecule has 1 amide bonds. The highest BCUT2D eigenvalue weighted by atomic mass is 35.5. The molecule has 2 fully saturated rings. The SMILES string of the molecule is CCOCCC1(CNC(=O)C2CC(F)(F)CN2)CCCC1.Cl. The molecule has 1 saturated heterocycles. The van der Waals surface area contributed by atoms with Gasteiger partial charge in [-0.3, -0.25) is 10.1 Å². The first kappa shape index (κ1) is 19.6. The molecule has 2 rings (SSSR count). The number of rotatable bonds is 7. The van der Waals surface area contributed by atoms with E-state index in [2.05, 4.69) is 10.6 Å². The Morgan fingerprint density at radius 1 is 1.36 bits per heavy atom. The predicted octanol–water partition coefficient (Wildman–Crippen LogP) is 2.51. The van der Waals surface area contributed by atoms with Crippen molar-refractivity contribution in [3.05, 3.63) is 0 Å². The fourth-order valence-electron chi connectivity index (χ4n) is 3.37. The maximum absolute atomic E-state index is 13.1. The average Bonchev–Trinajstić information content (AvgIpc) is 3.04. The fourth-order valence-corrected chi connectivity index (χ4v) is 3.37. The van der Waals surface area contributed by atoms with E-state index in [1.165, 1.54) is 12.8 Å². The molecule has 1 atom stereocenters. The molecule has 2 aliphatic rings. The molecule has 1 aliphatic heterocycles. The molecule has 7 heteroatoms. The van der Waals surface area contributed by atoms with Gasteiger partial charge in [0.25, 0.3) is 5.92 Å². The summed E-state index contributed by atoms with van der Waals surface area (Å²) in [7, 11) is 0. The van der Waals surface area contributed by atoms with E-state index >= 15 is 0 Å². The van der Waals surface area contributed by atoms with Crippen LogP contribution in [-0.2, 0) is 9.53 Å². The van der Waals surface area contributed by atoms with Crippen LogP contribution in [0.2, 0.25) is 0 Å². The lowest BCUT2D eigenvalue weighted by atomic mass is 9.83. The number of hydrogen-bond donors (Lipinski definition) is 2. The number of halogens is 3. The molecule has 1 unspecified atom stereocenters. The number of alkyl halides is 2. The maximum atomic E-state index is 13.1. The molecular formula is C15H27ClF2N2O2. The number of carbonyl (C=O) groups is 1. The van der Waals surface area contributed by atoms with Gasteiger partial charge in [0.1, 0.15) is 0 Å². The molecule has 0 spiro atoms. The van der Waals surface area contributed by atoms with Gasteiger partial charge in [0, 0.05) is 26.2 Å². The molecule has 2 N–H and O–H groups in total.